The number of rotatable bonds is 4. The molecule has 3 rings (SSSR count). The van der Waals surface area contributed by atoms with Gasteiger partial charge in [0, 0.05) is 25.4 Å². The van der Waals surface area contributed by atoms with Crippen LogP contribution in [0.5, 0.6) is 0 Å². The van der Waals surface area contributed by atoms with Crippen molar-refractivity contribution in [3.05, 3.63) is 59.7 Å². The van der Waals surface area contributed by atoms with E-state index in [-0.39, 0.29) is 0 Å². The smallest absolute Gasteiger partial charge is 0.328 e. The predicted molar refractivity (Wildman–Crippen MR) is 94.8 cm³/mol. The van der Waals surface area contributed by atoms with Gasteiger partial charge < -0.3 is 10.0 Å². The molecule has 2 aromatic carbocycles. The van der Waals surface area contributed by atoms with Crippen molar-refractivity contribution in [1.29, 1.82) is 0 Å². The molecule has 1 N–H and O–H groups in total. The predicted octanol–water partition coefficient (Wildman–Crippen LogP) is 4.22. The Bertz CT molecular complexity index is 760. The number of anilines is 1. The van der Waals surface area contributed by atoms with Gasteiger partial charge in [-0.3, -0.25) is 0 Å². The molecule has 118 valence electrons. The lowest BCUT2D eigenvalue weighted by Gasteiger charge is -2.12. The summed E-state index contributed by atoms with van der Waals surface area (Å²) in [6.45, 7) is 3.05. The second kappa shape index (κ2) is 6.29. The summed E-state index contributed by atoms with van der Waals surface area (Å²) < 4.78 is 0. The van der Waals surface area contributed by atoms with E-state index in [2.05, 4.69) is 42.3 Å². The summed E-state index contributed by atoms with van der Waals surface area (Å²) in [7, 11) is 2.13. The number of carboxylic acids is 1. The highest BCUT2D eigenvalue weighted by atomic mass is 16.4. The largest absolute Gasteiger partial charge is 0.478 e. The summed E-state index contributed by atoms with van der Waals surface area (Å²) in [6, 6.07) is 14.8. The lowest BCUT2D eigenvalue weighted by Crippen LogP contribution is -2.12. The van der Waals surface area contributed by atoms with Crippen LogP contribution in [0.2, 0.25) is 0 Å². The molecule has 1 heterocycles. The van der Waals surface area contributed by atoms with E-state index in [4.69, 9.17) is 5.11 Å². The molecule has 0 aliphatic carbocycles. The van der Waals surface area contributed by atoms with Crippen molar-refractivity contribution in [2.75, 3.05) is 18.5 Å². The summed E-state index contributed by atoms with van der Waals surface area (Å²) in [5, 5.41) is 8.94. The van der Waals surface area contributed by atoms with Crippen LogP contribution in [0, 0.1) is 0 Å². The van der Waals surface area contributed by atoms with Gasteiger partial charge in [0.15, 0.2) is 0 Å². The summed E-state index contributed by atoms with van der Waals surface area (Å²) in [6.07, 6.45) is 3.09. The zero-order valence-corrected chi connectivity index (χ0v) is 13.5. The van der Waals surface area contributed by atoms with Crippen molar-refractivity contribution in [3.63, 3.8) is 0 Å². The van der Waals surface area contributed by atoms with Gasteiger partial charge in [-0.15, -0.1) is 0 Å². The number of carbonyl (C=O) groups is 1. The minimum atomic E-state index is -0.895. The topological polar surface area (TPSA) is 40.5 Å². The number of likely N-dealkylation sites (N-methyl/N-ethyl adjacent to an activating group) is 1. The molecule has 1 aliphatic heterocycles. The Morgan fingerprint density at radius 1 is 1.17 bits per heavy atom. The Balaban J connectivity index is 1.90. The van der Waals surface area contributed by atoms with E-state index in [1.54, 1.807) is 0 Å². The standard InChI is InChI=1S/C20H21NO2/c1-3-14(13-20(22)23)15-4-6-16(7-5-15)17-8-9-19-18(12-17)10-11-21(19)2/h4-9,12-13H,3,10-11H2,1-2H3,(H,22,23)/b14-13+. The van der Waals surface area contributed by atoms with Crippen LogP contribution < -0.4 is 4.90 Å². The van der Waals surface area contributed by atoms with Crippen LogP contribution in [0.3, 0.4) is 0 Å². The lowest BCUT2D eigenvalue weighted by atomic mass is 9.97. The van der Waals surface area contributed by atoms with Crippen LogP contribution in [0.4, 0.5) is 5.69 Å². The maximum atomic E-state index is 10.9. The Labute approximate surface area is 136 Å². The van der Waals surface area contributed by atoms with E-state index in [0.29, 0.717) is 6.42 Å². The van der Waals surface area contributed by atoms with Gasteiger partial charge in [0.25, 0.3) is 0 Å². The normalized spacial score (nSPS) is 14.0. The van der Waals surface area contributed by atoms with E-state index < -0.39 is 5.97 Å². The second-order valence-corrected chi connectivity index (χ2v) is 5.95. The third-order valence-electron chi connectivity index (χ3n) is 4.47. The maximum Gasteiger partial charge on any atom is 0.328 e. The van der Waals surface area contributed by atoms with Crippen LogP contribution in [0.15, 0.2) is 48.5 Å². The molecule has 0 saturated heterocycles. The highest BCUT2D eigenvalue weighted by molar-refractivity contribution is 5.90. The van der Waals surface area contributed by atoms with E-state index in [0.717, 1.165) is 29.7 Å². The Morgan fingerprint density at radius 3 is 2.52 bits per heavy atom. The molecule has 3 heteroatoms. The quantitative estimate of drug-likeness (QED) is 0.860. The fourth-order valence-electron chi connectivity index (χ4n) is 3.16. The van der Waals surface area contributed by atoms with Crippen molar-refractivity contribution in [2.45, 2.75) is 19.8 Å². The molecule has 1 aliphatic rings. The molecule has 3 nitrogen and oxygen atoms in total. The molecule has 2 aromatic rings. The summed E-state index contributed by atoms with van der Waals surface area (Å²) in [5.74, 6) is -0.895. The van der Waals surface area contributed by atoms with Crippen molar-refractivity contribution >= 4 is 17.2 Å². The molecule has 0 radical (unpaired) electrons. The van der Waals surface area contributed by atoms with Gasteiger partial charge in [-0.25, -0.2) is 4.79 Å². The first-order chi connectivity index (χ1) is 11.1. The zero-order chi connectivity index (χ0) is 16.4. The number of fused-ring (bicyclic) bond motifs is 1. The minimum absolute atomic E-state index is 0.705. The van der Waals surface area contributed by atoms with Crippen LogP contribution in [0.25, 0.3) is 16.7 Å². The number of carboxylic acid groups (broad SMARTS) is 1. The number of benzene rings is 2. The van der Waals surface area contributed by atoms with Gasteiger partial charge in [-0.1, -0.05) is 37.3 Å². The molecule has 0 unspecified atom stereocenters. The molecule has 23 heavy (non-hydrogen) atoms. The molecule has 0 atom stereocenters. The number of nitrogens with zero attached hydrogens (tertiary/aromatic N) is 1. The number of hydrogen-bond donors (Lipinski definition) is 1. The van der Waals surface area contributed by atoms with Crippen LogP contribution in [0.1, 0.15) is 24.5 Å². The maximum absolute atomic E-state index is 10.9. The van der Waals surface area contributed by atoms with Crippen LogP contribution in [-0.4, -0.2) is 24.7 Å². The molecular weight excluding hydrogens is 286 g/mol. The van der Waals surface area contributed by atoms with Crippen LogP contribution in [-0.2, 0) is 11.2 Å². The highest BCUT2D eigenvalue weighted by Gasteiger charge is 2.15. The minimum Gasteiger partial charge on any atom is -0.478 e. The van der Waals surface area contributed by atoms with Gasteiger partial charge >= 0.3 is 5.97 Å². The average Bonchev–Trinajstić information content (AvgIpc) is 2.93. The van der Waals surface area contributed by atoms with E-state index in [9.17, 15) is 4.79 Å². The zero-order valence-electron chi connectivity index (χ0n) is 13.5. The van der Waals surface area contributed by atoms with Gasteiger partial charge in [-0.05, 0) is 52.8 Å². The number of aliphatic carboxylic acids is 1. The fourth-order valence-corrected chi connectivity index (χ4v) is 3.16. The second-order valence-electron chi connectivity index (χ2n) is 5.95. The monoisotopic (exact) mass is 307 g/mol. The number of allylic oxidation sites excluding steroid dienone is 1. The molecule has 0 fully saturated rings. The Morgan fingerprint density at radius 2 is 1.87 bits per heavy atom. The Hall–Kier alpha value is -2.55. The summed E-state index contributed by atoms with van der Waals surface area (Å²) in [5.41, 5.74) is 6.92. The molecule has 0 amide bonds. The SMILES string of the molecule is CC/C(=C\C(=O)O)c1ccc(-c2ccc3c(c2)CCN3C)cc1. The first kappa shape index (κ1) is 15.3. The van der Waals surface area contributed by atoms with Gasteiger partial charge in [0.2, 0.25) is 0 Å². The van der Waals surface area contributed by atoms with Crippen molar-refractivity contribution < 1.29 is 9.90 Å². The van der Waals surface area contributed by atoms with Crippen molar-refractivity contribution in [3.8, 4) is 11.1 Å². The fraction of sp³-hybridized carbons (Fsp3) is 0.250. The highest BCUT2D eigenvalue weighted by Crippen LogP contribution is 2.32. The van der Waals surface area contributed by atoms with Gasteiger partial charge in [-0.2, -0.15) is 0 Å². The van der Waals surface area contributed by atoms with E-state index in [1.165, 1.54) is 22.9 Å². The van der Waals surface area contributed by atoms with Gasteiger partial charge in [0.1, 0.15) is 0 Å². The summed E-state index contributed by atoms with van der Waals surface area (Å²) in [4.78, 5) is 13.2. The van der Waals surface area contributed by atoms with Crippen LogP contribution >= 0.6 is 0 Å². The molecule has 0 aromatic heterocycles. The Kier molecular flexibility index (Phi) is 4.20. The lowest BCUT2D eigenvalue weighted by molar-refractivity contribution is -0.131. The third kappa shape index (κ3) is 3.14. The number of hydrogen-bond acceptors (Lipinski definition) is 2. The first-order valence-corrected chi connectivity index (χ1v) is 7.97. The van der Waals surface area contributed by atoms with Gasteiger partial charge in [0.05, 0.1) is 0 Å². The first-order valence-electron chi connectivity index (χ1n) is 7.97. The van der Waals surface area contributed by atoms with E-state index >= 15 is 0 Å². The average molecular weight is 307 g/mol. The van der Waals surface area contributed by atoms with E-state index in [1.807, 2.05) is 19.1 Å². The molecule has 0 bridgehead atoms. The van der Waals surface area contributed by atoms with Crippen molar-refractivity contribution in [2.24, 2.45) is 0 Å². The molecule has 0 saturated carbocycles. The third-order valence-corrected chi connectivity index (χ3v) is 4.47. The van der Waals surface area contributed by atoms with Crippen molar-refractivity contribution in [1.82, 2.24) is 0 Å². The molecule has 0 spiro atoms. The molecular formula is C20H21NO2. The summed E-state index contributed by atoms with van der Waals surface area (Å²) >= 11 is 0.